The highest BCUT2D eigenvalue weighted by Crippen LogP contribution is 2.40. The number of carbonyl (C=O) groups is 3. The van der Waals surface area contributed by atoms with E-state index in [1.54, 1.807) is 6.07 Å². The predicted molar refractivity (Wildman–Crippen MR) is 163 cm³/mol. The number of nitrogens with two attached hydrogens (primary N) is 1. The normalized spacial score (nSPS) is 19.3. The molecule has 8 nitrogen and oxygen atoms in total. The second-order valence-electron chi connectivity index (χ2n) is 12.1. The van der Waals surface area contributed by atoms with Gasteiger partial charge in [0.25, 0.3) is 5.91 Å². The van der Waals surface area contributed by atoms with E-state index in [0.29, 0.717) is 18.5 Å². The zero-order valence-electron chi connectivity index (χ0n) is 24.6. The highest BCUT2D eigenvalue weighted by Gasteiger charge is 2.43. The number of amides is 4. The summed E-state index contributed by atoms with van der Waals surface area (Å²) in [6, 6.07) is 25.0. The molecule has 3 unspecified atom stereocenters. The lowest BCUT2D eigenvalue weighted by atomic mass is 9.86. The number of urea groups is 1. The van der Waals surface area contributed by atoms with Crippen molar-refractivity contribution in [2.45, 2.75) is 58.0 Å². The molecule has 0 spiro atoms. The molecule has 1 saturated heterocycles. The van der Waals surface area contributed by atoms with E-state index in [-0.39, 0.29) is 29.6 Å². The quantitative estimate of drug-likeness (QED) is 0.395. The SMILES string of the molecule is CN(C)c1cccc(N(C(N)=O)C2CC(c3ccccc3)CC(c3ccccc3)N(NC(=O)CC(C)(C)C)C2=O)c1. The summed E-state index contributed by atoms with van der Waals surface area (Å²) in [5.74, 6) is -0.740. The summed E-state index contributed by atoms with van der Waals surface area (Å²) < 4.78 is 0. The van der Waals surface area contributed by atoms with Crippen LogP contribution in [0.1, 0.15) is 63.1 Å². The molecular weight excluding hydrogens is 514 g/mol. The summed E-state index contributed by atoms with van der Waals surface area (Å²) in [5.41, 5.74) is 12.0. The largest absolute Gasteiger partial charge is 0.378 e. The molecule has 0 aromatic heterocycles. The van der Waals surface area contributed by atoms with Crippen LogP contribution in [0.2, 0.25) is 0 Å². The maximum absolute atomic E-state index is 14.6. The zero-order valence-corrected chi connectivity index (χ0v) is 24.6. The molecule has 0 bridgehead atoms. The molecule has 1 fully saturated rings. The Hall–Kier alpha value is -4.33. The summed E-state index contributed by atoms with van der Waals surface area (Å²) in [7, 11) is 3.82. The van der Waals surface area contributed by atoms with Crippen LogP contribution in [0.15, 0.2) is 84.9 Å². The van der Waals surface area contributed by atoms with E-state index in [2.05, 4.69) is 5.43 Å². The molecule has 0 aliphatic carbocycles. The highest BCUT2D eigenvalue weighted by molar-refractivity contribution is 6.00. The van der Waals surface area contributed by atoms with E-state index in [9.17, 15) is 14.4 Å². The molecular formula is C33H41N5O3. The lowest BCUT2D eigenvalue weighted by molar-refractivity contribution is -0.145. The van der Waals surface area contributed by atoms with Crippen LogP contribution in [-0.4, -0.2) is 43.0 Å². The summed E-state index contributed by atoms with van der Waals surface area (Å²) >= 11 is 0. The zero-order chi connectivity index (χ0) is 29.7. The number of primary amides is 1. The van der Waals surface area contributed by atoms with E-state index >= 15 is 0 Å². The van der Waals surface area contributed by atoms with Crippen LogP contribution in [0.3, 0.4) is 0 Å². The average Bonchev–Trinajstić information content (AvgIpc) is 3.06. The van der Waals surface area contributed by atoms with E-state index in [1.807, 2.05) is 119 Å². The van der Waals surface area contributed by atoms with Gasteiger partial charge in [0.2, 0.25) is 5.91 Å². The van der Waals surface area contributed by atoms with Gasteiger partial charge in [0.05, 0.1) is 6.04 Å². The molecule has 1 aliphatic rings. The van der Waals surface area contributed by atoms with Crippen LogP contribution in [-0.2, 0) is 9.59 Å². The molecule has 8 heteroatoms. The molecule has 41 heavy (non-hydrogen) atoms. The van der Waals surface area contributed by atoms with Crippen molar-refractivity contribution in [1.82, 2.24) is 10.4 Å². The van der Waals surface area contributed by atoms with Crippen LogP contribution in [0, 0.1) is 5.41 Å². The fraction of sp³-hybridized carbons (Fsp3) is 0.364. The molecule has 3 N–H and O–H groups in total. The third-order valence-electron chi connectivity index (χ3n) is 7.41. The van der Waals surface area contributed by atoms with Gasteiger partial charge in [-0.15, -0.1) is 0 Å². The second kappa shape index (κ2) is 12.5. The van der Waals surface area contributed by atoms with Gasteiger partial charge >= 0.3 is 6.03 Å². The van der Waals surface area contributed by atoms with Crippen molar-refractivity contribution in [3.8, 4) is 0 Å². The number of rotatable bonds is 7. The maximum Gasteiger partial charge on any atom is 0.320 e. The first-order chi connectivity index (χ1) is 19.4. The van der Waals surface area contributed by atoms with Gasteiger partial charge in [0.1, 0.15) is 6.04 Å². The number of nitrogens with one attached hydrogen (secondary N) is 1. The Morgan fingerprint density at radius 2 is 1.46 bits per heavy atom. The van der Waals surface area contributed by atoms with Crippen molar-refractivity contribution >= 4 is 29.2 Å². The molecule has 1 aliphatic heterocycles. The van der Waals surface area contributed by atoms with Crippen LogP contribution < -0.4 is 21.0 Å². The topological polar surface area (TPSA) is 99.0 Å². The molecule has 216 valence electrons. The minimum Gasteiger partial charge on any atom is -0.378 e. The van der Waals surface area contributed by atoms with Crippen molar-refractivity contribution < 1.29 is 14.4 Å². The molecule has 3 aromatic rings. The number of anilines is 2. The number of carbonyl (C=O) groups excluding carboxylic acids is 3. The van der Waals surface area contributed by atoms with Gasteiger partial charge in [-0.2, -0.15) is 0 Å². The van der Waals surface area contributed by atoms with Crippen LogP contribution in [0.5, 0.6) is 0 Å². The number of nitrogens with zero attached hydrogens (tertiary/aromatic N) is 3. The van der Waals surface area contributed by atoms with Crippen molar-refractivity contribution in [2.24, 2.45) is 11.1 Å². The Morgan fingerprint density at radius 1 is 0.878 bits per heavy atom. The van der Waals surface area contributed by atoms with Crippen molar-refractivity contribution in [3.05, 3.63) is 96.1 Å². The van der Waals surface area contributed by atoms with Gasteiger partial charge in [-0.1, -0.05) is 87.5 Å². The summed E-state index contributed by atoms with van der Waals surface area (Å²) in [5, 5.41) is 1.45. The fourth-order valence-electron chi connectivity index (χ4n) is 5.50. The minimum absolute atomic E-state index is 0.0984. The first-order valence-electron chi connectivity index (χ1n) is 14.0. The van der Waals surface area contributed by atoms with Crippen molar-refractivity contribution in [3.63, 3.8) is 0 Å². The Balaban J connectivity index is 1.86. The van der Waals surface area contributed by atoms with Gasteiger partial charge in [-0.25, -0.2) is 9.80 Å². The van der Waals surface area contributed by atoms with Gasteiger partial charge in [-0.3, -0.25) is 19.9 Å². The predicted octanol–water partition coefficient (Wildman–Crippen LogP) is 5.62. The summed E-state index contributed by atoms with van der Waals surface area (Å²) in [6.07, 6.45) is 1.12. The van der Waals surface area contributed by atoms with Crippen LogP contribution in [0.4, 0.5) is 16.2 Å². The van der Waals surface area contributed by atoms with E-state index in [4.69, 9.17) is 5.73 Å². The van der Waals surface area contributed by atoms with Crippen LogP contribution >= 0.6 is 0 Å². The third kappa shape index (κ3) is 7.25. The number of hydrazine groups is 1. The van der Waals surface area contributed by atoms with E-state index in [0.717, 1.165) is 16.8 Å². The van der Waals surface area contributed by atoms with Crippen molar-refractivity contribution in [2.75, 3.05) is 23.9 Å². The molecule has 1 heterocycles. The van der Waals surface area contributed by atoms with Gasteiger partial charge in [0.15, 0.2) is 0 Å². The fourth-order valence-corrected chi connectivity index (χ4v) is 5.50. The lowest BCUT2D eigenvalue weighted by Gasteiger charge is -2.36. The molecule has 4 amide bonds. The standard InChI is InChI=1S/C33H41N5O3/c1-33(2,3)22-30(39)35-38-28(24-15-10-7-11-16-24)19-25(23-13-8-6-9-14-23)20-29(31(38)40)37(32(34)41)27-18-12-17-26(21-27)36(4)5/h6-18,21,25,28-29H,19-20,22H2,1-5H3,(H2,34,41)(H,35,39). The highest BCUT2D eigenvalue weighted by atomic mass is 16.2. The molecule has 4 rings (SSSR count). The van der Waals surface area contributed by atoms with Gasteiger partial charge in [0, 0.05) is 31.9 Å². The number of benzene rings is 3. The molecule has 0 radical (unpaired) electrons. The molecule has 0 saturated carbocycles. The monoisotopic (exact) mass is 555 g/mol. The Bertz CT molecular complexity index is 1350. The first kappa shape index (κ1) is 29.6. The van der Waals surface area contributed by atoms with Gasteiger partial charge in [-0.05, 0) is 53.5 Å². The maximum atomic E-state index is 14.6. The summed E-state index contributed by atoms with van der Waals surface area (Å²) in [6.45, 7) is 5.94. The number of hydrogen-bond acceptors (Lipinski definition) is 4. The third-order valence-corrected chi connectivity index (χ3v) is 7.41. The van der Waals surface area contributed by atoms with E-state index < -0.39 is 18.1 Å². The lowest BCUT2D eigenvalue weighted by Crippen LogP contribution is -2.57. The van der Waals surface area contributed by atoms with Crippen molar-refractivity contribution in [1.29, 1.82) is 0 Å². The Labute approximate surface area is 243 Å². The second-order valence-corrected chi connectivity index (χ2v) is 12.1. The smallest absolute Gasteiger partial charge is 0.320 e. The Kier molecular flexibility index (Phi) is 9.01. The Morgan fingerprint density at radius 3 is 2.02 bits per heavy atom. The molecule has 3 atom stereocenters. The van der Waals surface area contributed by atoms with E-state index in [1.165, 1.54) is 9.91 Å². The summed E-state index contributed by atoms with van der Waals surface area (Å²) in [4.78, 5) is 44.3. The number of hydrogen-bond donors (Lipinski definition) is 2. The average molecular weight is 556 g/mol. The van der Waals surface area contributed by atoms with Crippen LogP contribution in [0.25, 0.3) is 0 Å². The first-order valence-corrected chi connectivity index (χ1v) is 14.0. The van der Waals surface area contributed by atoms with Gasteiger partial charge < -0.3 is 10.6 Å². The minimum atomic E-state index is -0.946. The molecule has 3 aromatic carbocycles.